The summed E-state index contributed by atoms with van der Waals surface area (Å²) in [7, 11) is 0. The van der Waals surface area contributed by atoms with E-state index >= 15 is 0 Å². The van der Waals surface area contributed by atoms with Gasteiger partial charge in [-0.3, -0.25) is 0 Å². The van der Waals surface area contributed by atoms with E-state index in [2.05, 4.69) is 17.1 Å². The summed E-state index contributed by atoms with van der Waals surface area (Å²) in [5.74, 6) is 0. The highest BCUT2D eigenvalue weighted by Gasteiger charge is 2.07. The Bertz CT molecular complexity index is 671. The zero-order valence-corrected chi connectivity index (χ0v) is 10.4. The molecule has 84 valence electrons. The van der Waals surface area contributed by atoms with Gasteiger partial charge in [0, 0.05) is 21.6 Å². The molecule has 0 atom stereocenters. The van der Waals surface area contributed by atoms with Crippen LogP contribution in [-0.2, 0) is 0 Å². The number of aromatic amines is 1. The van der Waals surface area contributed by atoms with Crippen molar-refractivity contribution in [2.24, 2.45) is 0 Å². The number of rotatable bonds is 1. The van der Waals surface area contributed by atoms with Crippen molar-refractivity contribution in [2.45, 2.75) is 0 Å². The minimum atomic E-state index is 0.643. The molecule has 0 aliphatic rings. The Balaban J connectivity index is 2.24. The van der Waals surface area contributed by atoms with Gasteiger partial charge in [0.15, 0.2) is 0 Å². The molecule has 0 aliphatic carbocycles. The summed E-state index contributed by atoms with van der Waals surface area (Å²) < 4.78 is 0. The van der Waals surface area contributed by atoms with E-state index < -0.39 is 0 Å². The Morgan fingerprint density at radius 2 is 1.65 bits per heavy atom. The molecule has 0 fully saturated rings. The lowest BCUT2D eigenvalue weighted by Crippen LogP contribution is -1.74. The number of aromatic nitrogens is 1. The Kier molecular flexibility index (Phi) is 2.58. The van der Waals surface area contributed by atoms with E-state index in [1.54, 1.807) is 6.07 Å². The Morgan fingerprint density at radius 1 is 0.882 bits per heavy atom. The van der Waals surface area contributed by atoms with Crippen LogP contribution in [0.25, 0.3) is 22.2 Å². The van der Waals surface area contributed by atoms with Gasteiger partial charge < -0.3 is 4.98 Å². The molecule has 17 heavy (non-hydrogen) atoms. The second-order valence-electron chi connectivity index (χ2n) is 3.90. The zero-order chi connectivity index (χ0) is 11.8. The van der Waals surface area contributed by atoms with Crippen molar-refractivity contribution >= 4 is 34.1 Å². The Labute approximate surface area is 109 Å². The van der Waals surface area contributed by atoms with Crippen LogP contribution in [0.3, 0.4) is 0 Å². The van der Waals surface area contributed by atoms with Gasteiger partial charge in [0.2, 0.25) is 0 Å². The molecular formula is C14H9Cl2N. The van der Waals surface area contributed by atoms with Crippen LogP contribution in [0.5, 0.6) is 0 Å². The summed E-state index contributed by atoms with van der Waals surface area (Å²) in [5.41, 5.74) is 3.14. The van der Waals surface area contributed by atoms with E-state index in [-0.39, 0.29) is 0 Å². The minimum absolute atomic E-state index is 0.643. The summed E-state index contributed by atoms with van der Waals surface area (Å²) >= 11 is 12.1. The highest BCUT2D eigenvalue weighted by atomic mass is 35.5. The molecule has 0 radical (unpaired) electrons. The van der Waals surface area contributed by atoms with Gasteiger partial charge in [-0.25, -0.2) is 0 Å². The smallest absolute Gasteiger partial charge is 0.0514 e. The van der Waals surface area contributed by atoms with Crippen molar-refractivity contribution < 1.29 is 0 Å². The van der Waals surface area contributed by atoms with Crippen LogP contribution in [0.4, 0.5) is 0 Å². The fourth-order valence-electron chi connectivity index (χ4n) is 1.93. The van der Waals surface area contributed by atoms with Gasteiger partial charge in [-0.2, -0.15) is 0 Å². The molecule has 0 unspecified atom stereocenters. The molecule has 1 nitrogen and oxygen atoms in total. The first kappa shape index (κ1) is 10.7. The van der Waals surface area contributed by atoms with Gasteiger partial charge in [0.1, 0.15) is 0 Å². The molecule has 0 saturated heterocycles. The molecule has 1 heterocycles. The second kappa shape index (κ2) is 4.10. The lowest BCUT2D eigenvalue weighted by molar-refractivity contribution is 1.45. The van der Waals surface area contributed by atoms with Crippen LogP contribution >= 0.6 is 23.2 Å². The maximum absolute atomic E-state index is 6.16. The first-order valence-electron chi connectivity index (χ1n) is 5.27. The average molecular weight is 262 g/mol. The normalized spacial score (nSPS) is 10.9. The van der Waals surface area contributed by atoms with Crippen LogP contribution in [-0.4, -0.2) is 4.98 Å². The molecule has 1 N–H and O–H groups in total. The van der Waals surface area contributed by atoms with Gasteiger partial charge in [0.25, 0.3) is 0 Å². The number of nitrogens with one attached hydrogen (secondary N) is 1. The summed E-state index contributed by atoms with van der Waals surface area (Å²) in [6.07, 6.45) is 0. The zero-order valence-electron chi connectivity index (χ0n) is 8.87. The van der Waals surface area contributed by atoms with Crippen LogP contribution in [0, 0.1) is 0 Å². The molecule has 0 aliphatic heterocycles. The molecule has 2 aromatic carbocycles. The third-order valence-corrected chi connectivity index (χ3v) is 3.27. The summed E-state index contributed by atoms with van der Waals surface area (Å²) in [6, 6.07) is 15.8. The van der Waals surface area contributed by atoms with Crippen LogP contribution in [0.1, 0.15) is 0 Å². The van der Waals surface area contributed by atoms with Gasteiger partial charge in [-0.1, -0.05) is 53.5 Å². The maximum Gasteiger partial charge on any atom is 0.0514 e. The van der Waals surface area contributed by atoms with E-state index in [9.17, 15) is 0 Å². The second-order valence-corrected chi connectivity index (χ2v) is 4.74. The monoisotopic (exact) mass is 261 g/mol. The quantitative estimate of drug-likeness (QED) is 0.624. The standard InChI is InChI=1S/C14H9Cl2N/c15-10-6-12(16)11-8-13(17-14(11)7-10)9-4-2-1-3-5-9/h1-8,17H. The third-order valence-electron chi connectivity index (χ3n) is 2.74. The van der Waals surface area contributed by atoms with Crippen LogP contribution < -0.4 is 0 Å². The van der Waals surface area contributed by atoms with Crippen molar-refractivity contribution in [1.29, 1.82) is 0 Å². The molecule has 0 saturated carbocycles. The molecule has 0 bridgehead atoms. The minimum Gasteiger partial charge on any atom is -0.354 e. The first-order valence-corrected chi connectivity index (χ1v) is 6.03. The van der Waals surface area contributed by atoms with Crippen molar-refractivity contribution in [3.63, 3.8) is 0 Å². The van der Waals surface area contributed by atoms with Gasteiger partial charge in [-0.05, 0) is 23.8 Å². The first-order chi connectivity index (χ1) is 8.24. The lowest BCUT2D eigenvalue weighted by atomic mass is 10.1. The molecule has 3 rings (SSSR count). The fourth-order valence-corrected chi connectivity index (χ4v) is 2.48. The number of hydrogen-bond donors (Lipinski definition) is 1. The van der Waals surface area contributed by atoms with Crippen LogP contribution in [0.2, 0.25) is 10.0 Å². The van der Waals surface area contributed by atoms with E-state index in [0.29, 0.717) is 10.0 Å². The topological polar surface area (TPSA) is 15.8 Å². The Morgan fingerprint density at radius 3 is 2.41 bits per heavy atom. The number of hydrogen-bond acceptors (Lipinski definition) is 0. The number of H-pyrrole nitrogens is 1. The predicted molar refractivity (Wildman–Crippen MR) is 73.8 cm³/mol. The number of fused-ring (bicyclic) bond motifs is 1. The van der Waals surface area contributed by atoms with Crippen molar-refractivity contribution in [3.8, 4) is 11.3 Å². The van der Waals surface area contributed by atoms with Gasteiger partial charge in [0.05, 0.1) is 5.02 Å². The highest BCUT2D eigenvalue weighted by Crippen LogP contribution is 2.31. The third kappa shape index (κ3) is 1.92. The fraction of sp³-hybridized carbons (Fsp3) is 0. The average Bonchev–Trinajstić information content (AvgIpc) is 2.74. The molecule has 0 amide bonds. The largest absolute Gasteiger partial charge is 0.354 e. The van der Waals surface area contributed by atoms with E-state index in [4.69, 9.17) is 23.2 Å². The van der Waals surface area contributed by atoms with Gasteiger partial charge >= 0.3 is 0 Å². The summed E-state index contributed by atoms with van der Waals surface area (Å²) in [6.45, 7) is 0. The van der Waals surface area contributed by atoms with Crippen molar-refractivity contribution in [2.75, 3.05) is 0 Å². The molecular weight excluding hydrogens is 253 g/mol. The number of benzene rings is 2. The van der Waals surface area contributed by atoms with E-state index in [0.717, 1.165) is 22.2 Å². The van der Waals surface area contributed by atoms with Gasteiger partial charge in [-0.15, -0.1) is 0 Å². The Hall–Kier alpha value is -1.44. The van der Waals surface area contributed by atoms with Crippen molar-refractivity contribution in [1.82, 2.24) is 4.98 Å². The lowest BCUT2D eigenvalue weighted by Gasteiger charge is -1.95. The maximum atomic E-state index is 6.16. The molecule has 3 heteroatoms. The summed E-state index contributed by atoms with van der Waals surface area (Å²) in [4.78, 5) is 3.32. The molecule has 1 aromatic heterocycles. The van der Waals surface area contributed by atoms with E-state index in [1.807, 2.05) is 30.3 Å². The predicted octanol–water partition coefficient (Wildman–Crippen LogP) is 5.14. The number of halogens is 2. The highest BCUT2D eigenvalue weighted by molar-refractivity contribution is 6.38. The molecule has 3 aromatic rings. The molecule has 0 spiro atoms. The summed E-state index contributed by atoms with van der Waals surface area (Å²) in [5, 5.41) is 2.31. The van der Waals surface area contributed by atoms with Crippen molar-refractivity contribution in [3.05, 3.63) is 58.6 Å². The SMILES string of the molecule is Clc1cc(Cl)c2cc(-c3ccccc3)[nH]c2c1. The van der Waals surface area contributed by atoms with Crippen LogP contribution in [0.15, 0.2) is 48.5 Å². The van der Waals surface area contributed by atoms with E-state index in [1.165, 1.54) is 0 Å².